The molecule has 0 fully saturated rings. The predicted octanol–water partition coefficient (Wildman–Crippen LogP) is 3.04. The molecular weight excluding hydrogens is 300 g/mol. The fraction of sp³-hybridized carbons (Fsp3) is 0.368. The Morgan fingerprint density at radius 2 is 1.88 bits per heavy atom. The normalized spacial score (nSPS) is 11.2. The standard InChI is InChI=1S/C19H26N4O/c1-4-20-19(22-13-16-10-7-6-9-15(16)3)23-14-17-11-8-12-21-18(17)24-5-2/h6-12H,4-5,13-14H2,1-3H3,(H2,20,22,23). The molecule has 0 atom stereocenters. The van der Waals surface area contributed by atoms with Gasteiger partial charge in [-0.05, 0) is 38.0 Å². The fourth-order valence-electron chi connectivity index (χ4n) is 2.30. The molecule has 0 saturated heterocycles. The van der Waals surface area contributed by atoms with Crippen molar-refractivity contribution in [3.8, 4) is 5.88 Å². The van der Waals surface area contributed by atoms with E-state index in [9.17, 15) is 0 Å². The van der Waals surface area contributed by atoms with Gasteiger partial charge in [0.1, 0.15) is 0 Å². The van der Waals surface area contributed by atoms with Crippen LogP contribution < -0.4 is 15.4 Å². The molecule has 0 unspecified atom stereocenters. The Hall–Kier alpha value is -2.56. The van der Waals surface area contributed by atoms with Gasteiger partial charge in [-0.25, -0.2) is 9.98 Å². The lowest BCUT2D eigenvalue weighted by molar-refractivity contribution is 0.323. The number of hydrogen-bond acceptors (Lipinski definition) is 3. The topological polar surface area (TPSA) is 58.5 Å². The highest BCUT2D eigenvalue weighted by Crippen LogP contribution is 2.15. The largest absolute Gasteiger partial charge is 0.478 e. The number of guanidine groups is 1. The maximum Gasteiger partial charge on any atom is 0.218 e. The van der Waals surface area contributed by atoms with Crippen LogP contribution >= 0.6 is 0 Å². The van der Waals surface area contributed by atoms with Gasteiger partial charge in [0.25, 0.3) is 0 Å². The second-order valence-corrected chi connectivity index (χ2v) is 5.38. The van der Waals surface area contributed by atoms with Crippen molar-refractivity contribution in [1.82, 2.24) is 15.6 Å². The minimum Gasteiger partial charge on any atom is -0.478 e. The van der Waals surface area contributed by atoms with Crippen LogP contribution in [0.15, 0.2) is 47.6 Å². The molecule has 2 aromatic rings. The van der Waals surface area contributed by atoms with Gasteiger partial charge in [0, 0.05) is 24.8 Å². The van der Waals surface area contributed by atoms with Crippen LogP contribution in [-0.2, 0) is 13.1 Å². The van der Waals surface area contributed by atoms with E-state index in [-0.39, 0.29) is 0 Å². The average molecular weight is 326 g/mol. The summed E-state index contributed by atoms with van der Waals surface area (Å²) in [6.45, 7) is 8.79. The van der Waals surface area contributed by atoms with Crippen molar-refractivity contribution in [3.05, 3.63) is 59.3 Å². The van der Waals surface area contributed by atoms with Crippen LogP contribution in [0.4, 0.5) is 0 Å². The summed E-state index contributed by atoms with van der Waals surface area (Å²) in [5.74, 6) is 1.44. The van der Waals surface area contributed by atoms with Gasteiger partial charge in [-0.15, -0.1) is 0 Å². The van der Waals surface area contributed by atoms with Gasteiger partial charge in [-0.2, -0.15) is 0 Å². The van der Waals surface area contributed by atoms with Gasteiger partial charge >= 0.3 is 0 Å². The summed E-state index contributed by atoms with van der Waals surface area (Å²) in [6.07, 6.45) is 1.74. The zero-order chi connectivity index (χ0) is 17.2. The highest BCUT2D eigenvalue weighted by atomic mass is 16.5. The predicted molar refractivity (Wildman–Crippen MR) is 98.2 cm³/mol. The molecule has 1 aromatic heterocycles. The highest BCUT2D eigenvalue weighted by Gasteiger charge is 2.05. The Labute approximate surface area is 144 Å². The van der Waals surface area contributed by atoms with Crippen molar-refractivity contribution in [3.63, 3.8) is 0 Å². The van der Waals surface area contributed by atoms with Crippen LogP contribution in [0.2, 0.25) is 0 Å². The Balaban J connectivity index is 2.04. The Morgan fingerprint density at radius 1 is 1.08 bits per heavy atom. The molecule has 0 bridgehead atoms. The SMILES string of the molecule is CCNC(=NCc1cccnc1OCC)NCc1ccccc1C. The molecule has 0 spiro atoms. The fourth-order valence-corrected chi connectivity index (χ4v) is 2.30. The zero-order valence-corrected chi connectivity index (χ0v) is 14.7. The van der Waals surface area contributed by atoms with Crippen molar-refractivity contribution in [2.24, 2.45) is 4.99 Å². The third-order valence-corrected chi connectivity index (χ3v) is 3.59. The van der Waals surface area contributed by atoms with Gasteiger partial charge in [0.15, 0.2) is 5.96 Å². The molecule has 5 nitrogen and oxygen atoms in total. The highest BCUT2D eigenvalue weighted by molar-refractivity contribution is 5.79. The van der Waals surface area contributed by atoms with Gasteiger partial charge < -0.3 is 15.4 Å². The van der Waals surface area contributed by atoms with E-state index in [0.29, 0.717) is 19.0 Å². The molecule has 2 rings (SSSR count). The molecule has 0 aliphatic rings. The summed E-state index contributed by atoms with van der Waals surface area (Å²) in [7, 11) is 0. The molecule has 0 radical (unpaired) electrons. The van der Waals surface area contributed by atoms with Crippen LogP contribution in [0.25, 0.3) is 0 Å². The third kappa shape index (κ3) is 5.26. The maximum absolute atomic E-state index is 5.55. The Bertz CT molecular complexity index is 670. The van der Waals surface area contributed by atoms with E-state index in [0.717, 1.165) is 24.6 Å². The molecule has 24 heavy (non-hydrogen) atoms. The third-order valence-electron chi connectivity index (χ3n) is 3.59. The summed E-state index contributed by atoms with van der Waals surface area (Å²) < 4.78 is 5.55. The average Bonchev–Trinajstić information content (AvgIpc) is 2.60. The van der Waals surface area contributed by atoms with E-state index in [4.69, 9.17) is 4.74 Å². The second-order valence-electron chi connectivity index (χ2n) is 5.38. The van der Waals surface area contributed by atoms with Crippen molar-refractivity contribution >= 4 is 5.96 Å². The molecule has 1 heterocycles. The number of nitrogens with one attached hydrogen (secondary N) is 2. The molecule has 0 aliphatic heterocycles. The van der Waals surface area contributed by atoms with Crippen molar-refractivity contribution < 1.29 is 4.74 Å². The molecule has 128 valence electrons. The molecular formula is C19H26N4O. The Kier molecular flexibility index (Phi) is 7.08. The lowest BCUT2D eigenvalue weighted by atomic mass is 10.1. The van der Waals surface area contributed by atoms with Gasteiger partial charge in [0.05, 0.1) is 13.2 Å². The first-order chi connectivity index (χ1) is 11.7. The van der Waals surface area contributed by atoms with Crippen LogP contribution in [-0.4, -0.2) is 24.1 Å². The van der Waals surface area contributed by atoms with E-state index >= 15 is 0 Å². The number of ether oxygens (including phenoxy) is 1. The molecule has 5 heteroatoms. The summed E-state index contributed by atoms with van der Waals surface area (Å²) in [6, 6.07) is 12.2. The first-order valence-electron chi connectivity index (χ1n) is 8.38. The van der Waals surface area contributed by atoms with Crippen LogP contribution in [0.5, 0.6) is 5.88 Å². The monoisotopic (exact) mass is 326 g/mol. The van der Waals surface area contributed by atoms with Gasteiger partial charge in [-0.3, -0.25) is 0 Å². The van der Waals surface area contributed by atoms with Crippen molar-refractivity contribution in [2.75, 3.05) is 13.2 Å². The van der Waals surface area contributed by atoms with Crippen molar-refractivity contribution in [1.29, 1.82) is 0 Å². The number of aryl methyl sites for hydroxylation is 1. The minimum absolute atomic E-state index is 0.520. The van der Waals surface area contributed by atoms with Gasteiger partial charge in [-0.1, -0.05) is 30.3 Å². The number of nitrogens with zero attached hydrogens (tertiary/aromatic N) is 2. The van der Waals surface area contributed by atoms with Crippen LogP contribution in [0.1, 0.15) is 30.5 Å². The number of pyridine rings is 1. The molecule has 0 saturated carbocycles. The number of rotatable bonds is 7. The number of aliphatic imine (C=N–C) groups is 1. The quantitative estimate of drug-likeness (QED) is 0.606. The number of hydrogen-bond donors (Lipinski definition) is 2. The lowest BCUT2D eigenvalue weighted by Crippen LogP contribution is -2.36. The van der Waals surface area contributed by atoms with E-state index in [2.05, 4.69) is 58.7 Å². The Morgan fingerprint density at radius 3 is 2.62 bits per heavy atom. The van der Waals surface area contributed by atoms with Gasteiger partial charge in [0.2, 0.25) is 5.88 Å². The van der Waals surface area contributed by atoms with Crippen LogP contribution in [0, 0.1) is 6.92 Å². The van der Waals surface area contributed by atoms with E-state index in [1.165, 1.54) is 11.1 Å². The summed E-state index contributed by atoms with van der Waals surface area (Å²) in [5.41, 5.74) is 3.51. The van der Waals surface area contributed by atoms with E-state index < -0.39 is 0 Å². The first-order valence-corrected chi connectivity index (χ1v) is 8.38. The maximum atomic E-state index is 5.55. The van der Waals surface area contributed by atoms with E-state index in [1.54, 1.807) is 6.20 Å². The lowest BCUT2D eigenvalue weighted by Gasteiger charge is -2.13. The number of benzene rings is 1. The minimum atomic E-state index is 0.520. The summed E-state index contributed by atoms with van der Waals surface area (Å²) in [4.78, 5) is 8.91. The molecule has 2 N–H and O–H groups in total. The zero-order valence-electron chi connectivity index (χ0n) is 14.7. The smallest absolute Gasteiger partial charge is 0.218 e. The molecule has 0 amide bonds. The number of aromatic nitrogens is 1. The molecule has 1 aromatic carbocycles. The molecule has 0 aliphatic carbocycles. The summed E-state index contributed by atoms with van der Waals surface area (Å²) in [5, 5.41) is 6.65. The van der Waals surface area contributed by atoms with Crippen LogP contribution in [0.3, 0.4) is 0 Å². The second kappa shape index (κ2) is 9.55. The summed E-state index contributed by atoms with van der Waals surface area (Å²) >= 11 is 0. The van der Waals surface area contributed by atoms with Crippen molar-refractivity contribution in [2.45, 2.75) is 33.9 Å². The first kappa shape index (κ1) is 17.8. The van der Waals surface area contributed by atoms with E-state index in [1.807, 2.05) is 19.1 Å².